The maximum absolute atomic E-state index is 4.48. The molecule has 4 nitrogen and oxygen atoms in total. The van der Waals surface area contributed by atoms with Crippen LogP contribution in [0.4, 0.5) is 0 Å². The van der Waals surface area contributed by atoms with Crippen LogP contribution in [0.25, 0.3) is 0 Å². The first-order valence-corrected chi connectivity index (χ1v) is 7.28. The summed E-state index contributed by atoms with van der Waals surface area (Å²) in [5, 5.41) is 1.57. The largest absolute Gasteiger partial charge is 0.231 e. The Labute approximate surface area is 119 Å². The van der Waals surface area contributed by atoms with Crippen molar-refractivity contribution in [1.29, 1.82) is 0 Å². The number of aromatic nitrogens is 4. The Kier molecular flexibility index (Phi) is 4.66. The van der Waals surface area contributed by atoms with E-state index >= 15 is 0 Å². The predicted molar refractivity (Wildman–Crippen MR) is 74.6 cm³/mol. The third kappa shape index (κ3) is 3.74. The van der Waals surface area contributed by atoms with E-state index in [-0.39, 0.29) is 0 Å². The van der Waals surface area contributed by atoms with Crippen LogP contribution in [0.1, 0.15) is 24.7 Å². The van der Waals surface area contributed by atoms with Crippen molar-refractivity contribution >= 4 is 27.7 Å². The third-order valence-corrected chi connectivity index (χ3v) is 3.36. The molecule has 0 aliphatic rings. The van der Waals surface area contributed by atoms with E-state index in [1.807, 2.05) is 13.0 Å². The van der Waals surface area contributed by atoms with Crippen LogP contribution in [-0.2, 0) is 6.42 Å². The molecule has 0 aromatic carbocycles. The van der Waals surface area contributed by atoms with Crippen LogP contribution >= 0.6 is 27.7 Å². The third-order valence-electron chi connectivity index (χ3n) is 2.14. The summed E-state index contributed by atoms with van der Waals surface area (Å²) < 4.78 is 0.801. The fourth-order valence-electron chi connectivity index (χ4n) is 1.36. The topological polar surface area (TPSA) is 51.6 Å². The highest BCUT2D eigenvalue weighted by molar-refractivity contribution is 9.10. The summed E-state index contributed by atoms with van der Waals surface area (Å²) in [6.07, 6.45) is 5.51. The minimum absolute atomic E-state index is 0.702. The molecule has 18 heavy (non-hydrogen) atoms. The quantitative estimate of drug-likeness (QED) is 0.637. The lowest BCUT2D eigenvalue weighted by atomic mass is 10.3. The number of aryl methyl sites for hydroxylation is 2. The SMILES string of the molecule is CCCc1nc(Br)cc(Sc2ncc(C)cn2)n1. The van der Waals surface area contributed by atoms with Gasteiger partial charge < -0.3 is 0 Å². The maximum atomic E-state index is 4.48. The van der Waals surface area contributed by atoms with E-state index in [0.29, 0.717) is 5.16 Å². The minimum atomic E-state index is 0.702. The summed E-state index contributed by atoms with van der Waals surface area (Å²) in [4.78, 5) is 17.3. The van der Waals surface area contributed by atoms with Crippen LogP contribution in [0, 0.1) is 6.92 Å². The standard InChI is InChI=1S/C12H13BrN4S/c1-3-4-10-16-9(13)5-11(17-10)18-12-14-6-8(2)7-15-12/h5-7H,3-4H2,1-2H3. The lowest BCUT2D eigenvalue weighted by Crippen LogP contribution is -1.97. The summed E-state index contributed by atoms with van der Waals surface area (Å²) in [6.45, 7) is 4.08. The van der Waals surface area contributed by atoms with Gasteiger partial charge in [-0.15, -0.1) is 0 Å². The number of rotatable bonds is 4. The monoisotopic (exact) mass is 324 g/mol. The van der Waals surface area contributed by atoms with Gasteiger partial charge in [-0.3, -0.25) is 0 Å². The molecule has 0 saturated carbocycles. The van der Waals surface area contributed by atoms with Gasteiger partial charge in [0.25, 0.3) is 0 Å². The predicted octanol–water partition coefficient (Wildman–Crippen LogP) is 3.44. The van der Waals surface area contributed by atoms with Crippen molar-refractivity contribution in [1.82, 2.24) is 19.9 Å². The first-order valence-electron chi connectivity index (χ1n) is 5.67. The van der Waals surface area contributed by atoms with E-state index in [4.69, 9.17) is 0 Å². The molecule has 94 valence electrons. The van der Waals surface area contributed by atoms with Gasteiger partial charge in [-0.05, 0) is 46.6 Å². The van der Waals surface area contributed by atoms with Crippen molar-refractivity contribution in [2.45, 2.75) is 36.9 Å². The van der Waals surface area contributed by atoms with Crippen LogP contribution in [0.15, 0.2) is 33.2 Å². The molecule has 2 aromatic rings. The highest BCUT2D eigenvalue weighted by atomic mass is 79.9. The second kappa shape index (κ2) is 6.24. The molecule has 0 aliphatic carbocycles. The Morgan fingerprint density at radius 1 is 1.22 bits per heavy atom. The lowest BCUT2D eigenvalue weighted by Gasteiger charge is -2.03. The van der Waals surface area contributed by atoms with E-state index in [1.165, 1.54) is 11.8 Å². The smallest absolute Gasteiger partial charge is 0.193 e. The molecule has 0 bridgehead atoms. The van der Waals surface area contributed by atoms with Gasteiger partial charge in [-0.2, -0.15) is 0 Å². The second-order valence-corrected chi connectivity index (χ2v) is 5.64. The Balaban J connectivity index is 2.20. The number of halogens is 1. The van der Waals surface area contributed by atoms with E-state index in [2.05, 4.69) is 42.8 Å². The Morgan fingerprint density at radius 3 is 2.61 bits per heavy atom. The van der Waals surface area contributed by atoms with Gasteiger partial charge in [0.05, 0.1) is 0 Å². The van der Waals surface area contributed by atoms with Crippen molar-refractivity contribution in [3.63, 3.8) is 0 Å². The number of hydrogen-bond acceptors (Lipinski definition) is 5. The van der Waals surface area contributed by atoms with Gasteiger partial charge in [-0.1, -0.05) is 6.92 Å². The zero-order chi connectivity index (χ0) is 13.0. The first kappa shape index (κ1) is 13.4. The van der Waals surface area contributed by atoms with Gasteiger partial charge in [0.1, 0.15) is 15.5 Å². The van der Waals surface area contributed by atoms with E-state index in [1.54, 1.807) is 12.4 Å². The average molecular weight is 325 g/mol. The van der Waals surface area contributed by atoms with Gasteiger partial charge >= 0.3 is 0 Å². The summed E-state index contributed by atoms with van der Waals surface area (Å²) >= 11 is 4.85. The Hall–Kier alpha value is -1.01. The molecule has 6 heteroatoms. The van der Waals surface area contributed by atoms with Crippen molar-refractivity contribution in [3.05, 3.63) is 34.5 Å². The molecule has 0 spiro atoms. The molecule has 0 N–H and O–H groups in total. The van der Waals surface area contributed by atoms with E-state index in [0.717, 1.165) is 33.9 Å². The van der Waals surface area contributed by atoms with Crippen molar-refractivity contribution < 1.29 is 0 Å². The van der Waals surface area contributed by atoms with Gasteiger partial charge in [0.2, 0.25) is 0 Å². The summed E-state index contributed by atoms with van der Waals surface area (Å²) in [5.41, 5.74) is 1.05. The average Bonchev–Trinajstić information content (AvgIpc) is 2.32. The molecule has 0 aliphatic heterocycles. The van der Waals surface area contributed by atoms with Gasteiger partial charge in [0, 0.05) is 24.9 Å². The minimum Gasteiger partial charge on any atom is -0.231 e. The zero-order valence-electron chi connectivity index (χ0n) is 10.2. The van der Waals surface area contributed by atoms with Crippen LogP contribution in [0.2, 0.25) is 0 Å². The fraction of sp³-hybridized carbons (Fsp3) is 0.333. The zero-order valence-corrected chi connectivity index (χ0v) is 12.6. The molecule has 0 fully saturated rings. The van der Waals surface area contributed by atoms with E-state index in [9.17, 15) is 0 Å². The molecule has 0 unspecified atom stereocenters. The molecule has 2 aromatic heterocycles. The Morgan fingerprint density at radius 2 is 1.94 bits per heavy atom. The van der Waals surface area contributed by atoms with Crippen LogP contribution < -0.4 is 0 Å². The molecular weight excluding hydrogens is 312 g/mol. The molecule has 0 atom stereocenters. The van der Waals surface area contributed by atoms with Gasteiger partial charge in [0.15, 0.2) is 5.16 Å². The van der Waals surface area contributed by atoms with Crippen LogP contribution in [-0.4, -0.2) is 19.9 Å². The molecule has 0 amide bonds. The molecule has 2 heterocycles. The number of nitrogens with zero attached hydrogens (tertiary/aromatic N) is 4. The molecule has 0 radical (unpaired) electrons. The highest BCUT2D eigenvalue weighted by Gasteiger charge is 2.06. The molecular formula is C12H13BrN4S. The summed E-state index contributed by atoms with van der Waals surface area (Å²) in [7, 11) is 0. The van der Waals surface area contributed by atoms with Crippen molar-refractivity contribution in [3.8, 4) is 0 Å². The lowest BCUT2D eigenvalue weighted by molar-refractivity contribution is 0.801. The second-order valence-electron chi connectivity index (χ2n) is 3.84. The fourth-order valence-corrected chi connectivity index (χ4v) is 2.65. The maximum Gasteiger partial charge on any atom is 0.193 e. The Bertz CT molecular complexity index is 530. The van der Waals surface area contributed by atoms with Gasteiger partial charge in [-0.25, -0.2) is 19.9 Å². The van der Waals surface area contributed by atoms with Crippen molar-refractivity contribution in [2.24, 2.45) is 0 Å². The highest BCUT2D eigenvalue weighted by Crippen LogP contribution is 2.24. The first-order chi connectivity index (χ1) is 8.67. The molecule has 0 saturated heterocycles. The summed E-state index contributed by atoms with van der Waals surface area (Å²) in [6, 6.07) is 1.88. The molecule has 2 rings (SSSR count). The van der Waals surface area contributed by atoms with Crippen molar-refractivity contribution in [2.75, 3.05) is 0 Å². The normalized spacial score (nSPS) is 10.6. The summed E-state index contributed by atoms with van der Waals surface area (Å²) in [5.74, 6) is 0.849. The van der Waals surface area contributed by atoms with Crippen LogP contribution in [0.3, 0.4) is 0 Å². The van der Waals surface area contributed by atoms with E-state index < -0.39 is 0 Å². The van der Waals surface area contributed by atoms with Crippen LogP contribution in [0.5, 0.6) is 0 Å². The number of hydrogen-bond donors (Lipinski definition) is 0.